The van der Waals surface area contributed by atoms with E-state index >= 15 is 0 Å². The topological polar surface area (TPSA) is 69.9 Å². The van der Waals surface area contributed by atoms with Crippen LogP contribution in [0.5, 0.6) is 0 Å². The highest BCUT2D eigenvalue weighted by Crippen LogP contribution is 2.23. The standard InChI is InChI=1S/C7H8BO4/c9-7-5-3-1-2-4-6(5)8(10,11)12-7/h1-4,7,9-11H/q-1. The molecule has 4 nitrogen and oxygen atoms in total. The summed E-state index contributed by atoms with van der Waals surface area (Å²) in [5, 5.41) is 27.7. The Morgan fingerprint density at radius 1 is 1.25 bits per heavy atom. The van der Waals surface area contributed by atoms with Crippen LogP contribution < -0.4 is 5.46 Å². The predicted molar refractivity (Wildman–Crippen MR) is 42.3 cm³/mol. The van der Waals surface area contributed by atoms with Crippen LogP contribution >= 0.6 is 0 Å². The van der Waals surface area contributed by atoms with Crippen molar-refractivity contribution in [2.24, 2.45) is 0 Å². The third-order valence-electron chi connectivity index (χ3n) is 1.99. The number of rotatable bonds is 0. The minimum absolute atomic E-state index is 0.255. The monoisotopic (exact) mass is 167 g/mol. The Morgan fingerprint density at radius 3 is 2.58 bits per heavy atom. The van der Waals surface area contributed by atoms with Crippen LogP contribution in [0, 0.1) is 0 Å². The summed E-state index contributed by atoms with van der Waals surface area (Å²) >= 11 is 0. The molecule has 1 aliphatic heterocycles. The van der Waals surface area contributed by atoms with Gasteiger partial charge in [0.1, 0.15) is 6.29 Å². The first-order chi connectivity index (χ1) is 5.61. The molecule has 1 aliphatic rings. The zero-order valence-electron chi connectivity index (χ0n) is 6.21. The van der Waals surface area contributed by atoms with Crippen molar-refractivity contribution in [3.63, 3.8) is 0 Å². The molecule has 2 rings (SSSR count). The van der Waals surface area contributed by atoms with E-state index in [0.29, 0.717) is 5.56 Å². The molecule has 0 spiro atoms. The third-order valence-corrected chi connectivity index (χ3v) is 1.99. The molecule has 0 saturated carbocycles. The van der Waals surface area contributed by atoms with Gasteiger partial charge >= 0.3 is 6.75 Å². The Bertz CT molecular complexity index is 312. The second-order valence-electron chi connectivity index (χ2n) is 2.82. The molecule has 0 radical (unpaired) electrons. The van der Waals surface area contributed by atoms with Gasteiger partial charge in [-0.2, -0.15) is 0 Å². The minimum Gasteiger partial charge on any atom is -0.556 e. The zero-order valence-corrected chi connectivity index (χ0v) is 6.21. The Labute approximate surface area is 69.0 Å². The smallest absolute Gasteiger partial charge is 0.407 e. The lowest BCUT2D eigenvalue weighted by Crippen LogP contribution is -2.47. The molecule has 0 aliphatic carbocycles. The summed E-state index contributed by atoms with van der Waals surface area (Å²) in [5.74, 6) is 0. The van der Waals surface area contributed by atoms with E-state index in [1.807, 2.05) is 0 Å². The molecule has 64 valence electrons. The molecule has 1 aromatic rings. The van der Waals surface area contributed by atoms with Gasteiger partial charge in [-0.3, -0.25) is 0 Å². The van der Waals surface area contributed by atoms with Crippen molar-refractivity contribution in [1.82, 2.24) is 0 Å². The molecule has 0 saturated heterocycles. The van der Waals surface area contributed by atoms with Gasteiger partial charge in [0.2, 0.25) is 0 Å². The lowest BCUT2D eigenvalue weighted by Gasteiger charge is -2.22. The number of aliphatic hydroxyl groups is 1. The first-order valence-electron chi connectivity index (χ1n) is 3.65. The van der Waals surface area contributed by atoms with Crippen LogP contribution in [0.1, 0.15) is 11.9 Å². The summed E-state index contributed by atoms with van der Waals surface area (Å²) < 4.78 is 4.55. The molecule has 0 fully saturated rings. The van der Waals surface area contributed by atoms with E-state index in [9.17, 15) is 15.2 Å². The van der Waals surface area contributed by atoms with Gasteiger partial charge < -0.3 is 19.8 Å². The molecule has 0 aromatic heterocycles. The van der Waals surface area contributed by atoms with Gasteiger partial charge in [-0.25, -0.2) is 0 Å². The van der Waals surface area contributed by atoms with Gasteiger partial charge in [0.15, 0.2) is 0 Å². The van der Waals surface area contributed by atoms with E-state index in [4.69, 9.17) is 0 Å². The maximum absolute atomic E-state index is 9.25. The second-order valence-corrected chi connectivity index (χ2v) is 2.82. The van der Waals surface area contributed by atoms with Gasteiger partial charge in [0.05, 0.1) is 0 Å². The summed E-state index contributed by atoms with van der Waals surface area (Å²) in [4.78, 5) is 0. The molecule has 1 unspecified atom stereocenters. The van der Waals surface area contributed by atoms with Crippen LogP contribution in [-0.4, -0.2) is 21.9 Å². The molecule has 1 atom stereocenters. The van der Waals surface area contributed by atoms with Gasteiger partial charge in [-0.05, 0) is 5.56 Å². The van der Waals surface area contributed by atoms with Crippen molar-refractivity contribution in [2.75, 3.05) is 0 Å². The summed E-state index contributed by atoms with van der Waals surface area (Å²) in [6.07, 6.45) is -1.23. The van der Waals surface area contributed by atoms with Crippen LogP contribution in [0.15, 0.2) is 24.3 Å². The molecular weight excluding hydrogens is 159 g/mol. The Balaban J connectivity index is 2.58. The lowest BCUT2D eigenvalue weighted by molar-refractivity contribution is -0.0459. The maximum Gasteiger partial charge on any atom is 0.407 e. The fraction of sp³-hybridized carbons (Fsp3) is 0.143. The van der Waals surface area contributed by atoms with Crippen molar-refractivity contribution >= 4 is 12.2 Å². The molecule has 5 heteroatoms. The van der Waals surface area contributed by atoms with Crippen LogP contribution in [0.25, 0.3) is 0 Å². The van der Waals surface area contributed by atoms with Gasteiger partial charge in [-0.15, -0.1) is 5.46 Å². The van der Waals surface area contributed by atoms with Crippen molar-refractivity contribution in [3.05, 3.63) is 29.8 Å². The molecule has 12 heavy (non-hydrogen) atoms. The SMILES string of the molecule is OC1O[B-](O)(O)c2ccccc21. The highest BCUT2D eigenvalue weighted by molar-refractivity contribution is 6.74. The van der Waals surface area contributed by atoms with Crippen LogP contribution in [0.4, 0.5) is 0 Å². The van der Waals surface area contributed by atoms with Crippen molar-refractivity contribution in [2.45, 2.75) is 6.29 Å². The Hall–Kier alpha value is -0.875. The molecule has 3 N–H and O–H groups in total. The Kier molecular flexibility index (Phi) is 1.49. The fourth-order valence-electron chi connectivity index (χ4n) is 1.40. The number of hydrogen-bond donors (Lipinski definition) is 3. The van der Waals surface area contributed by atoms with Crippen molar-refractivity contribution < 1.29 is 19.8 Å². The third kappa shape index (κ3) is 0.954. The normalized spacial score (nSPS) is 25.4. The lowest BCUT2D eigenvalue weighted by atomic mass is 9.71. The van der Waals surface area contributed by atoms with E-state index in [0.717, 1.165) is 0 Å². The number of hydrogen-bond acceptors (Lipinski definition) is 4. The van der Waals surface area contributed by atoms with Crippen LogP contribution in [0.3, 0.4) is 0 Å². The highest BCUT2D eigenvalue weighted by atomic mass is 16.7. The van der Waals surface area contributed by atoms with Crippen LogP contribution in [-0.2, 0) is 4.65 Å². The number of fused-ring (bicyclic) bond motifs is 1. The summed E-state index contributed by atoms with van der Waals surface area (Å²) in [6, 6.07) is 6.47. The summed E-state index contributed by atoms with van der Waals surface area (Å²) in [7, 11) is 0. The molecule has 0 bridgehead atoms. The summed E-state index contributed by atoms with van der Waals surface area (Å²) in [6.45, 7) is -2.99. The number of benzene rings is 1. The zero-order chi connectivity index (χ0) is 8.77. The molecular formula is C7H8BO4-. The minimum atomic E-state index is -2.99. The van der Waals surface area contributed by atoms with Gasteiger partial charge in [0, 0.05) is 0 Å². The van der Waals surface area contributed by atoms with Gasteiger partial charge in [-0.1, -0.05) is 24.3 Å². The first-order valence-corrected chi connectivity index (χ1v) is 3.65. The second kappa shape index (κ2) is 2.30. The largest absolute Gasteiger partial charge is 0.556 e. The van der Waals surface area contributed by atoms with Gasteiger partial charge in [0.25, 0.3) is 0 Å². The average molecular weight is 167 g/mol. The van der Waals surface area contributed by atoms with E-state index in [2.05, 4.69) is 4.65 Å². The summed E-state index contributed by atoms with van der Waals surface area (Å²) in [5.41, 5.74) is 0.674. The average Bonchev–Trinajstić information content (AvgIpc) is 2.25. The fourth-order valence-corrected chi connectivity index (χ4v) is 1.40. The van der Waals surface area contributed by atoms with E-state index < -0.39 is 13.0 Å². The first kappa shape index (κ1) is 7.76. The van der Waals surface area contributed by atoms with E-state index in [1.165, 1.54) is 6.07 Å². The van der Waals surface area contributed by atoms with Crippen molar-refractivity contribution in [1.29, 1.82) is 0 Å². The highest BCUT2D eigenvalue weighted by Gasteiger charge is 2.36. The molecule has 0 amide bonds. The quantitative estimate of drug-likeness (QED) is 0.426. The molecule has 1 heterocycles. The van der Waals surface area contributed by atoms with E-state index in [1.54, 1.807) is 18.2 Å². The van der Waals surface area contributed by atoms with E-state index in [-0.39, 0.29) is 5.46 Å². The maximum atomic E-state index is 9.25. The van der Waals surface area contributed by atoms with Crippen LogP contribution in [0.2, 0.25) is 0 Å². The van der Waals surface area contributed by atoms with Crippen molar-refractivity contribution in [3.8, 4) is 0 Å². The Morgan fingerprint density at radius 2 is 1.92 bits per heavy atom. The number of aliphatic hydroxyl groups excluding tert-OH is 1. The molecule has 1 aromatic carbocycles. The predicted octanol–water partition coefficient (Wildman–Crippen LogP) is -1.16.